The number of nitrogens with one attached hydrogen (secondary N) is 1. The highest BCUT2D eigenvalue weighted by Gasteiger charge is 2.57. The second-order valence-electron chi connectivity index (χ2n) is 10.0. The number of ether oxygens (including phenoxy) is 2. The van der Waals surface area contributed by atoms with Gasteiger partial charge >= 0.3 is 6.18 Å². The quantitative estimate of drug-likeness (QED) is 0.0742. The Bertz CT molecular complexity index is 1440. The van der Waals surface area contributed by atoms with Crippen molar-refractivity contribution in [1.82, 2.24) is 10.3 Å². The molecule has 0 spiro atoms. The number of hydrogen-bond donors (Lipinski definition) is 5. The summed E-state index contributed by atoms with van der Waals surface area (Å²) >= 11 is 0. The molecule has 0 aliphatic carbocycles. The molecule has 42 heavy (non-hydrogen) atoms. The van der Waals surface area contributed by atoms with Crippen molar-refractivity contribution in [3.8, 4) is 22.8 Å². The number of nitrogens with two attached hydrogens (primary N) is 2. The van der Waals surface area contributed by atoms with Crippen molar-refractivity contribution < 1.29 is 42.1 Å². The van der Waals surface area contributed by atoms with Crippen molar-refractivity contribution in [1.29, 1.82) is 0 Å². The zero-order chi connectivity index (χ0) is 31.3. The van der Waals surface area contributed by atoms with Gasteiger partial charge in [-0.05, 0) is 74.0 Å². The Hall–Kier alpha value is -4.43. The SMILES string of the molecule is COc1cc(C(=O)NCC(CO)(c2cc(C(C)(C)N)cc(-c3ccc(F)cc3)n2)C(F)(F)F)ccc1OC/C(N)=N/O. The highest BCUT2D eigenvalue weighted by atomic mass is 19.4. The molecule has 2 aromatic carbocycles. The summed E-state index contributed by atoms with van der Waals surface area (Å²) in [6.07, 6.45) is -5.08. The number of pyridine rings is 1. The van der Waals surface area contributed by atoms with Crippen molar-refractivity contribution in [2.45, 2.75) is 31.0 Å². The second-order valence-corrected chi connectivity index (χ2v) is 10.0. The third-order valence-corrected chi connectivity index (χ3v) is 6.49. The first-order chi connectivity index (χ1) is 19.6. The Balaban J connectivity index is 2.02. The maximum Gasteiger partial charge on any atom is 0.403 e. The van der Waals surface area contributed by atoms with Crippen LogP contribution in [0.15, 0.2) is 59.8 Å². The van der Waals surface area contributed by atoms with Gasteiger partial charge in [-0.15, -0.1) is 0 Å². The Morgan fingerprint density at radius 3 is 2.29 bits per heavy atom. The molecular formula is C28H31F4N5O5. The lowest BCUT2D eigenvalue weighted by Crippen LogP contribution is -2.54. The number of aromatic nitrogens is 1. The third kappa shape index (κ3) is 7.06. The summed E-state index contributed by atoms with van der Waals surface area (Å²) in [6.45, 7) is 0.338. The molecule has 1 heterocycles. The van der Waals surface area contributed by atoms with Crippen LogP contribution in [0.25, 0.3) is 11.3 Å². The van der Waals surface area contributed by atoms with E-state index in [4.69, 9.17) is 26.1 Å². The van der Waals surface area contributed by atoms with E-state index in [1.807, 2.05) is 0 Å². The van der Waals surface area contributed by atoms with E-state index in [-0.39, 0.29) is 40.8 Å². The molecule has 0 aliphatic rings. The Labute approximate surface area is 238 Å². The summed E-state index contributed by atoms with van der Waals surface area (Å²) in [5.74, 6) is -1.51. The highest BCUT2D eigenvalue weighted by Crippen LogP contribution is 2.42. The van der Waals surface area contributed by atoms with Crippen molar-refractivity contribution in [3.63, 3.8) is 0 Å². The standard InChI is InChI=1S/C28H31F4N5O5/c1-26(2,34)18-11-20(16-4-7-19(29)8-5-16)36-23(12-18)27(15-38,28(30,31)32)14-35-25(39)17-6-9-21(22(10-17)41-3)42-13-24(33)37-40/h4-12,38,40H,13-15,34H2,1-3H3,(H2,33,37)(H,35,39). The number of benzene rings is 2. The number of oxime groups is 1. The predicted molar refractivity (Wildman–Crippen MR) is 146 cm³/mol. The van der Waals surface area contributed by atoms with Crippen LogP contribution in [0.4, 0.5) is 17.6 Å². The highest BCUT2D eigenvalue weighted by molar-refractivity contribution is 5.95. The molecule has 7 N–H and O–H groups in total. The van der Waals surface area contributed by atoms with Crippen LogP contribution < -0.4 is 26.3 Å². The van der Waals surface area contributed by atoms with Crippen molar-refractivity contribution >= 4 is 11.7 Å². The second kappa shape index (κ2) is 12.6. The number of carbonyl (C=O) groups excluding carboxylic acids is 1. The number of halogens is 4. The van der Waals surface area contributed by atoms with Gasteiger partial charge in [0.05, 0.1) is 25.1 Å². The molecule has 1 aromatic heterocycles. The zero-order valence-corrected chi connectivity index (χ0v) is 23.0. The van der Waals surface area contributed by atoms with Gasteiger partial charge in [-0.25, -0.2) is 4.39 Å². The minimum absolute atomic E-state index is 0.0566. The first-order valence-electron chi connectivity index (χ1n) is 12.5. The number of amides is 1. The zero-order valence-electron chi connectivity index (χ0n) is 23.0. The fourth-order valence-corrected chi connectivity index (χ4v) is 3.92. The normalized spacial score (nSPS) is 13.8. The first kappa shape index (κ1) is 32.1. The number of methoxy groups -OCH3 is 1. The van der Waals surface area contributed by atoms with Gasteiger partial charge in [-0.1, -0.05) is 5.16 Å². The molecule has 0 aliphatic heterocycles. The van der Waals surface area contributed by atoms with Crippen molar-refractivity contribution in [3.05, 3.63) is 77.2 Å². The van der Waals surface area contributed by atoms with E-state index in [9.17, 15) is 27.5 Å². The lowest BCUT2D eigenvalue weighted by atomic mass is 9.81. The van der Waals surface area contributed by atoms with E-state index in [0.29, 0.717) is 5.56 Å². The van der Waals surface area contributed by atoms with Gasteiger partial charge in [0.1, 0.15) is 17.8 Å². The Kier molecular flexibility index (Phi) is 9.64. The Morgan fingerprint density at radius 2 is 1.74 bits per heavy atom. The van der Waals surface area contributed by atoms with Gasteiger partial charge in [0.15, 0.2) is 17.3 Å². The monoisotopic (exact) mass is 593 g/mol. The van der Waals surface area contributed by atoms with E-state index in [2.05, 4.69) is 15.5 Å². The number of nitrogens with zero attached hydrogens (tertiary/aromatic N) is 2. The molecular weight excluding hydrogens is 562 g/mol. The molecule has 3 aromatic rings. The molecule has 1 unspecified atom stereocenters. The largest absolute Gasteiger partial charge is 0.493 e. The van der Waals surface area contributed by atoms with Crippen LogP contribution in [0.3, 0.4) is 0 Å². The lowest BCUT2D eigenvalue weighted by molar-refractivity contribution is -0.200. The van der Waals surface area contributed by atoms with Gasteiger partial charge in [0.2, 0.25) is 0 Å². The summed E-state index contributed by atoms with van der Waals surface area (Å²) in [4.78, 5) is 17.2. The minimum Gasteiger partial charge on any atom is -0.493 e. The number of rotatable bonds is 11. The number of aliphatic hydroxyl groups is 1. The topological polar surface area (TPSA) is 165 Å². The molecule has 10 nitrogen and oxygen atoms in total. The van der Waals surface area contributed by atoms with Crippen molar-refractivity contribution in [2.75, 3.05) is 26.9 Å². The lowest BCUT2D eigenvalue weighted by Gasteiger charge is -2.35. The summed E-state index contributed by atoms with van der Waals surface area (Å²) < 4.78 is 68.4. The van der Waals surface area contributed by atoms with E-state index >= 15 is 0 Å². The van der Waals surface area contributed by atoms with Gasteiger partial charge in [0.25, 0.3) is 5.91 Å². The average Bonchev–Trinajstić information content (AvgIpc) is 2.95. The summed E-state index contributed by atoms with van der Waals surface area (Å²) in [5.41, 5.74) is 7.46. The average molecular weight is 594 g/mol. The van der Waals surface area contributed by atoms with E-state index in [1.54, 1.807) is 13.8 Å². The first-order valence-corrected chi connectivity index (χ1v) is 12.5. The number of alkyl halides is 3. The maximum absolute atomic E-state index is 14.8. The smallest absolute Gasteiger partial charge is 0.403 e. The predicted octanol–water partition coefficient (Wildman–Crippen LogP) is 3.44. The molecule has 3 rings (SSSR count). The van der Waals surface area contributed by atoms with Crippen LogP contribution in [0, 0.1) is 5.82 Å². The van der Waals surface area contributed by atoms with Crippen LogP contribution in [-0.2, 0) is 11.0 Å². The van der Waals surface area contributed by atoms with Crippen molar-refractivity contribution in [2.24, 2.45) is 16.6 Å². The van der Waals surface area contributed by atoms with Crippen LogP contribution in [0.5, 0.6) is 11.5 Å². The summed E-state index contributed by atoms with van der Waals surface area (Å²) in [7, 11) is 1.28. The van der Waals surface area contributed by atoms with Gasteiger partial charge in [-0.2, -0.15) is 13.2 Å². The molecule has 14 heteroatoms. The fourth-order valence-electron chi connectivity index (χ4n) is 3.92. The molecule has 1 amide bonds. The minimum atomic E-state index is -5.08. The molecule has 0 fully saturated rings. The van der Waals surface area contributed by atoms with E-state index < -0.39 is 47.7 Å². The van der Waals surface area contributed by atoms with Crippen LogP contribution in [-0.4, -0.2) is 60.1 Å². The number of aliphatic hydroxyl groups excluding tert-OH is 1. The van der Waals surface area contributed by atoms with Gasteiger partial charge < -0.3 is 36.6 Å². The number of carbonyl (C=O) groups is 1. The molecule has 0 saturated heterocycles. The van der Waals surface area contributed by atoms with Crippen LogP contribution >= 0.6 is 0 Å². The van der Waals surface area contributed by atoms with Crippen LogP contribution in [0.1, 0.15) is 35.5 Å². The summed E-state index contributed by atoms with van der Waals surface area (Å²) in [5, 5.41) is 23.9. The van der Waals surface area contributed by atoms with Crippen LogP contribution in [0.2, 0.25) is 0 Å². The fraction of sp³-hybridized carbons (Fsp3) is 0.321. The maximum atomic E-state index is 14.8. The van der Waals surface area contributed by atoms with Gasteiger partial charge in [0, 0.05) is 23.2 Å². The number of hydrogen-bond acceptors (Lipinski definition) is 8. The molecule has 0 bridgehead atoms. The van der Waals surface area contributed by atoms with E-state index in [1.165, 1.54) is 43.5 Å². The molecule has 1 atom stereocenters. The van der Waals surface area contributed by atoms with Gasteiger partial charge in [-0.3, -0.25) is 9.78 Å². The van der Waals surface area contributed by atoms with E-state index in [0.717, 1.165) is 18.2 Å². The number of amidine groups is 1. The molecule has 0 saturated carbocycles. The molecule has 226 valence electrons. The third-order valence-electron chi connectivity index (χ3n) is 6.49. The summed E-state index contributed by atoms with van der Waals surface area (Å²) in [6, 6.07) is 11.4. The Morgan fingerprint density at radius 1 is 1.07 bits per heavy atom. The molecule has 0 radical (unpaired) electrons.